The van der Waals surface area contributed by atoms with Crippen molar-refractivity contribution in [3.63, 3.8) is 0 Å². The normalized spacial score (nSPS) is 15.9. The molecule has 7 nitrogen and oxygen atoms in total. The van der Waals surface area contributed by atoms with E-state index < -0.39 is 18.0 Å². The van der Waals surface area contributed by atoms with Gasteiger partial charge in [-0.25, -0.2) is 9.18 Å². The Morgan fingerprint density at radius 3 is 2.71 bits per heavy atom. The van der Waals surface area contributed by atoms with Crippen LogP contribution >= 0.6 is 0 Å². The van der Waals surface area contributed by atoms with Gasteiger partial charge in [-0.05, 0) is 30.3 Å². The van der Waals surface area contributed by atoms with Crippen LogP contribution in [0.2, 0.25) is 0 Å². The van der Waals surface area contributed by atoms with Crippen molar-refractivity contribution < 1.29 is 28.2 Å². The number of hydrogen-bond acceptors (Lipinski definition) is 5. The molecule has 2 aromatic carbocycles. The second-order valence-electron chi connectivity index (χ2n) is 6.30. The fourth-order valence-electron chi connectivity index (χ4n) is 2.99. The van der Waals surface area contributed by atoms with E-state index >= 15 is 0 Å². The third kappa shape index (κ3) is 3.95. The molecular formula is C20H19FN2O5. The zero-order valence-corrected chi connectivity index (χ0v) is 15.4. The van der Waals surface area contributed by atoms with Crippen LogP contribution in [0.1, 0.15) is 17.3 Å². The molecule has 1 heterocycles. The van der Waals surface area contributed by atoms with Crippen molar-refractivity contribution in [2.45, 2.75) is 13.0 Å². The van der Waals surface area contributed by atoms with Gasteiger partial charge >= 0.3 is 6.09 Å². The first-order valence-corrected chi connectivity index (χ1v) is 8.58. The molecule has 1 fully saturated rings. The second kappa shape index (κ2) is 8.08. The fraction of sp³-hybridized carbons (Fsp3) is 0.250. The molecule has 1 N–H and O–H groups in total. The van der Waals surface area contributed by atoms with E-state index in [1.165, 1.54) is 37.1 Å². The highest BCUT2D eigenvalue weighted by Crippen LogP contribution is 2.34. The maximum absolute atomic E-state index is 14.8. The minimum absolute atomic E-state index is 0.193. The maximum atomic E-state index is 14.8. The standard InChI is InChI=1S/C20H19FN2O5/c1-12(25)22-9-15-10-23(20(26)28-15)14-4-6-16(18(21)8-14)17-5-3-13(11-24)7-19(17)27-2/h3-8,11,15H,9-10H2,1-2H3,(H,22,25)/t15-/m0/s1. The molecule has 0 aliphatic carbocycles. The van der Waals surface area contributed by atoms with Gasteiger partial charge in [0.25, 0.3) is 0 Å². The smallest absolute Gasteiger partial charge is 0.414 e. The number of nitrogens with one attached hydrogen (secondary N) is 1. The van der Waals surface area contributed by atoms with E-state index in [-0.39, 0.29) is 24.6 Å². The summed E-state index contributed by atoms with van der Waals surface area (Å²) in [6.07, 6.45) is -0.423. The van der Waals surface area contributed by atoms with Crippen molar-refractivity contribution >= 4 is 24.0 Å². The largest absolute Gasteiger partial charge is 0.496 e. The van der Waals surface area contributed by atoms with Gasteiger partial charge < -0.3 is 14.8 Å². The Balaban J connectivity index is 1.84. The third-order valence-corrected chi connectivity index (χ3v) is 4.37. The topological polar surface area (TPSA) is 84.9 Å². The number of amides is 2. The van der Waals surface area contributed by atoms with Crippen LogP contribution in [-0.4, -0.2) is 44.6 Å². The molecule has 0 spiro atoms. The summed E-state index contributed by atoms with van der Waals surface area (Å²) in [5.74, 6) is -0.403. The lowest BCUT2D eigenvalue weighted by Crippen LogP contribution is -2.33. The number of anilines is 1. The number of aldehydes is 1. The molecule has 1 saturated heterocycles. The van der Waals surface area contributed by atoms with Crippen LogP contribution in [0, 0.1) is 5.82 Å². The Bertz CT molecular complexity index is 931. The number of rotatable bonds is 6. The molecule has 2 aromatic rings. The summed E-state index contributed by atoms with van der Waals surface area (Å²) in [7, 11) is 1.44. The molecule has 2 amide bonds. The summed E-state index contributed by atoms with van der Waals surface area (Å²) in [5.41, 5.74) is 1.53. The molecule has 146 valence electrons. The number of carbonyl (C=O) groups excluding carboxylic acids is 3. The number of nitrogens with zero attached hydrogens (tertiary/aromatic N) is 1. The van der Waals surface area contributed by atoms with E-state index in [0.29, 0.717) is 28.8 Å². The van der Waals surface area contributed by atoms with Gasteiger partial charge in [-0.1, -0.05) is 6.07 Å². The zero-order chi connectivity index (χ0) is 20.3. The third-order valence-electron chi connectivity index (χ3n) is 4.37. The van der Waals surface area contributed by atoms with Crippen LogP contribution in [0.5, 0.6) is 5.75 Å². The summed E-state index contributed by atoms with van der Waals surface area (Å²) in [6, 6.07) is 9.09. The molecule has 1 atom stereocenters. The van der Waals surface area contributed by atoms with E-state index in [0.717, 1.165) is 0 Å². The van der Waals surface area contributed by atoms with Gasteiger partial charge in [-0.2, -0.15) is 0 Å². The van der Waals surface area contributed by atoms with Crippen molar-refractivity contribution in [3.05, 3.63) is 47.8 Å². The number of cyclic esters (lactones) is 1. The van der Waals surface area contributed by atoms with Crippen LogP contribution < -0.4 is 15.0 Å². The van der Waals surface area contributed by atoms with Gasteiger partial charge in [0.15, 0.2) is 0 Å². The summed E-state index contributed by atoms with van der Waals surface area (Å²) in [5, 5.41) is 2.59. The van der Waals surface area contributed by atoms with Crippen LogP contribution in [0.15, 0.2) is 36.4 Å². The van der Waals surface area contributed by atoms with E-state index in [1.54, 1.807) is 18.2 Å². The fourth-order valence-corrected chi connectivity index (χ4v) is 2.99. The SMILES string of the molecule is COc1cc(C=O)ccc1-c1ccc(N2C[C@H](CNC(C)=O)OC2=O)cc1F. The Labute approximate surface area is 161 Å². The minimum atomic E-state index is -0.601. The Hall–Kier alpha value is -3.42. The van der Waals surface area contributed by atoms with E-state index in [1.807, 2.05) is 0 Å². The Morgan fingerprint density at radius 1 is 1.32 bits per heavy atom. The highest BCUT2D eigenvalue weighted by Gasteiger charge is 2.32. The van der Waals surface area contributed by atoms with Crippen molar-refractivity contribution in [2.24, 2.45) is 0 Å². The van der Waals surface area contributed by atoms with E-state index in [4.69, 9.17) is 9.47 Å². The molecule has 0 aromatic heterocycles. The average molecular weight is 386 g/mol. The number of methoxy groups -OCH3 is 1. The molecule has 1 aliphatic heterocycles. The van der Waals surface area contributed by atoms with Gasteiger partial charge in [0, 0.05) is 23.6 Å². The number of halogens is 1. The molecular weight excluding hydrogens is 367 g/mol. The highest BCUT2D eigenvalue weighted by molar-refractivity contribution is 5.90. The maximum Gasteiger partial charge on any atom is 0.414 e. The van der Waals surface area contributed by atoms with E-state index in [2.05, 4.69) is 5.32 Å². The predicted molar refractivity (Wildman–Crippen MR) is 100 cm³/mol. The summed E-state index contributed by atoms with van der Waals surface area (Å²) >= 11 is 0. The van der Waals surface area contributed by atoms with Gasteiger partial charge in [-0.3, -0.25) is 14.5 Å². The quantitative estimate of drug-likeness (QED) is 0.772. The first-order chi connectivity index (χ1) is 13.4. The molecule has 8 heteroatoms. The lowest BCUT2D eigenvalue weighted by molar-refractivity contribution is -0.119. The zero-order valence-electron chi connectivity index (χ0n) is 15.4. The number of carbonyl (C=O) groups is 3. The molecule has 28 heavy (non-hydrogen) atoms. The first kappa shape index (κ1) is 19.3. The van der Waals surface area contributed by atoms with Crippen molar-refractivity contribution in [3.8, 4) is 16.9 Å². The Kier molecular flexibility index (Phi) is 5.58. The summed E-state index contributed by atoms with van der Waals surface area (Å²) < 4.78 is 25.3. The van der Waals surface area contributed by atoms with Crippen molar-refractivity contribution in [1.29, 1.82) is 0 Å². The van der Waals surface area contributed by atoms with Gasteiger partial charge in [0.05, 0.1) is 25.9 Å². The molecule has 0 unspecified atom stereocenters. The van der Waals surface area contributed by atoms with E-state index in [9.17, 15) is 18.8 Å². The minimum Gasteiger partial charge on any atom is -0.496 e. The summed E-state index contributed by atoms with van der Waals surface area (Å²) in [4.78, 5) is 35.3. The monoisotopic (exact) mass is 386 g/mol. The van der Waals surface area contributed by atoms with Crippen LogP contribution in [0.4, 0.5) is 14.9 Å². The first-order valence-electron chi connectivity index (χ1n) is 8.58. The number of ether oxygens (including phenoxy) is 2. The predicted octanol–water partition coefficient (Wildman–Crippen LogP) is 2.78. The lowest BCUT2D eigenvalue weighted by atomic mass is 10.0. The number of benzene rings is 2. The van der Waals surface area contributed by atoms with Crippen molar-refractivity contribution in [2.75, 3.05) is 25.1 Å². The number of hydrogen-bond donors (Lipinski definition) is 1. The van der Waals surface area contributed by atoms with Gasteiger partial charge in [-0.15, -0.1) is 0 Å². The van der Waals surface area contributed by atoms with Gasteiger partial charge in [0.2, 0.25) is 5.91 Å². The van der Waals surface area contributed by atoms with Crippen LogP contribution in [-0.2, 0) is 9.53 Å². The summed E-state index contributed by atoms with van der Waals surface area (Å²) in [6.45, 7) is 1.77. The molecule has 0 bridgehead atoms. The van der Waals surface area contributed by atoms with Crippen LogP contribution in [0.25, 0.3) is 11.1 Å². The second-order valence-corrected chi connectivity index (χ2v) is 6.30. The van der Waals surface area contributed by atoms with Crippen LogP contribution in [0.3, 0.4) is 0 Å². The Morgan fingerprint density at radius 2 is 2.07 bits per heavy atom. The molecule has 0 radical (unpaired) electrons. The highest BCUT2D eigenvalue weighted by atomic mass is 19.1. The van der Waals surface area contributed by atoms with Gasteiger partial charge in [0.1, 0.15) is 24.0 Å². The molecule has 1 aliphatic rings. The average Bonchev–Trinajstić information content (AvgIpc) is 3.06. The van der Waals surface area contributed by atoms with Crippen molar-refractivity contribution in [1.82, 2.24) is 5.32 Å². The molecule has 3 rings (SSSR count). The molecule has 0 saturated carbocycles. The lowest BCUT2D eigenvalue weighted by Gasteiger charge is -2.15.